The molecule has 1 aromatic heterocycles. The number of nitrogens with zero attached hydrogens (tertiary/aromatic N) is 5. The molecule has 3 aromatic carbocycles. The van der Waals surface area contributed by atoms with Gasteiger partial charge in [-0.05, 0) is 80.8 Å². The van der Waals surface area contributed by atoms with Crippen molar-refractivity contribution in [3.63, 3.8) is 0 Å². The number of esters is 1. The molecule has 5 rings (SSSR count). The first-order valence-electron chi connectivity index (χ1n) is 13.3. The van der Waals surface area contributed by atoms with Crippen LogP contribution in [0.25, 0.3) is 5.69 Å². The van der Waals surface area contributed by atoms with Crippen LogP contribution in [0.4, 0.5) is 10.1 Å². The average Bonchev–Trinajstić information content (AvgIpc) is 3.46. The Morgan fingerprint density at radius 2 is 1.81 bits per heavy atom. The van der Waals surface area contributed by atoms with E-state index in [-0.39, 0.29) is 22.9 Å². The first kappa shape index (κ1) is 29.4. The number of nitriles is 1. The Kier molecular flexibility index (Phi) is 7.98. The molecule has 1 unspecified atom stereocenters. The Morgan fingerprint density at radius 3 is 2.51 bits per heavy atom. The topological polar surface area (TPSA) is 130 Å². The first-order chi connectivity index (χ1) is 20.5. The third kappa shape index (κ3) is 6.10. The number of halogens is 2. The molecule has 1 aliphatic rings. The van der Waals surface area contributed by atoms with E-state index in [1.165, 1.54) is 35.4 Å². The van der Waals surface area contributed by atoms with Crippen LogP contribution in [-0.2, 0) is 16.0 Å². The lowest BCUT2D eigenvalue weighted by Crippen LogP contribution is -2.45. The summed E-state index contributed by atoms with van der Waals surface area (Å²) >= 11 is 5.90. The molecule has 2 heterocycles. The summed E-state index contributed by atoms with van der Waals surface area (Å²) in [5.41, 5.74) is 1.50. The molecule has 0 spiro atoms. The van der Waals surface area contributed by atoms with Crippen LogP contribution in [0.3, 0.4) is 0 Å². The minimum Gasteiger partial charge on any atom is -0.456 e. The van der Waals surface area contributed by atoms with E-state index in [0.717, 1.165) is 4.68 Å². The molecule has 0 fully saturated rings. The van der Waals surface area contributed by atoms with E-state index in [1.54, 1.807) is 57.2 Å². The number of carbonyl (C=O) groups excluding carboxylic acids is 3. The van der Waals surface area contributed by atoms with Crippen molar-refractivity contribution in [3.05, 3.63) is 106 Å². The summed E-state index contributed by atoms with van der Waals surface area (Å²) in [5, 5.41) is 20.2. The van der Waals surface area contributed by atoms with E-state index in [4.69, 9.17) is 16.3 Å². The predicted octanol–water partition coefficient (Wildman–Crippen LogP) is 5.27. The van der Waals surface area contributed by atoms with Gasteiger partial charge >= 0.3 is 5.97 Å². The molecule has 1 atom stereocenters. The van der Waals surface area contributed by atoms with Crippen molar-refractivity contribution in [1.82, 2.24) is 19.9 Å². The van der Waals surface area contributed by atoms with E-state index in [0.29, 0.717) is 34.4 Å². The van der Waals surface area contributed by atoms with Crippen LogP contribution in [0.1, 0.15) is 64.3 Å². The number of rotatable bonds is 5. The van der Waals surface area contributed by atoms with Gasteiger partial charge in [0.2, 0.25) is 0 Å². The quantitative estimate of drug-likeness (QED) is 0.309. The number of hydrogen-bond acceptors (Lipinski definition) is 7. The molecule has 2 amide bonds. The maximum Gasteiger partial charge on any atom is 0.338 e. The predicted molar refractivity (Wildman–Crippen MR) is 155 cm³/mol. The highest BCUT2D eigenvalue weighted by Gasteiger charge is 2.38. The molecular formula is C31H26ClFN6O4. The van der Waals surface area contributed by atoms with Gasteiger partial charge in [-0.3, -0.25) is 9.59 Å². The molecule has 1 N–H and O–H groups in total. The second-order valence-corrected chi connectivity index (χ2v) is 11.2. The second-order valence-electron chi connectivity index (χ2n) is 10.8. The largest absolute Gasteiger partial charge is 0.456 e. The van der Waals surface area contributed by atoms with Gasteiger partial charge < -0.3 is 15.0 Å². The SMILES string of the molecule is CC(C)(C)OC(=O)c1ccc(NC(=O)C2c3cccc(C#N)c3CCN2C(=O)c2cn(-c3cccc(Cl)c3F)nn2)cc1. The molecule has 10 nitrogen and oxygen atoms in total. The number of hydrogen-bond donors (Lipinski definition) is 1. The van der Waals surface area contributed by atoms with Gasteiger partial charge in [0.05, 0.1) is 28.4 Å². The van der Waals surface area contributed by atoms with Crippen LogP contribution in [0.5, 0.6) is 0 Å². The van der Waals surface area contributed by atoms with Gasteiger partial charge in [-0.15, -0.1) is 5.10 Å². The third-order valence-electron chi connectivity index (χ3n) is 6.73. The van der Waals surface area contributed by atoms with Crippen molar-refractivity contribution in [2.24, 2.45) is 0 Å². The van der Waals surface area contributed by atoms with Crippen molar-refractivity contribution < 1.29 is 23.5 Å². The van der Waals surface area contributed by atoms with Gasteiger partial charge in [0.15, 0.2) is 11.5 Å². The maximum absolute atomic E-state index is 14.6. The summed E-state index contributed by atoms with van der Waals surface area (Å²) in [6, 6.07) is 16.6. The number of ether oxygens (including phenoxy) is 1. The lowest BCUT2D eigenvalue weighted by Gasteiger charge is -2.36. The van der Waals surface area contributed by atoms with Crippen molar-refractivity contribution >= 4 is 35.1 Å². The Labute approximate surface area is 251 Å². The first-order valence-corrected chi connectivity index (χ1v) is 13.7. The van der Waals surface area contributed by atoms with E-state index in [1.807, 2.05) is 0 Å². The van der Waals surface area contributed by atoms with Crippen molar-refractivity contribution in [3.8, 4) is 11.8 Å². The fourth-order valence-electron chi connectivity index (χ4n) is 4.81. The lowest BCUT2D eigenvalue weighted by molar-refractivity contribution is -0.121. The minimum atomic E-state index is -1.12. The van der Waals surface area contributed by atoms with Crippen molar-refractivity contribution in [2.75, 3.05) is 11.9 Å². The molecule has 43 heavy (non-hydrogen) atoms. The monoisotopic (exact) mass is 600 g/mol. The van der Waals surface area contributed by atoms with Gasteiger partial charge in [0.1, 0.15) is 17.3 Å². The summed E-state index contributed by atoms with van der Waals surface area (Å²) in [4.78, 5) is 41.3. The molecule has 0 saturated heterocycles. The zero-order valence-electron chi connectivity index (χ0n) is 23.5. The molecule has 1 aliphatic heterocycles. The molecular weight excluding hydrogens is 575 g/mol. The van der Waals surface area contributed by atoms with Gasteiger partial charge in [-0.1, -0.05) is 35.0 Å². The van der Waals surface area contributed by atoms with E-state index in [9.17, 15) is 24.0 Å². The highest BCUT2D eigenvalue weighted by Crippen LogP contribution is 2.34. The molecule has 218 valence electrons. The summed E-state index contributed by atoms with van der Waals surface area (Å²) in [7, 11) is 0. The number of benzene rings is 3. The number of aromatic nitrogens is 3. The molecule has 0 aliphatic carbocycles. The van der Waals surface area contributed by atoms with E-state index >= 15 is 0 Å². The standard InChI is InChI=1S/C31H26ClFN6O4/c1-31(2,3)43-30(42)18-10-12-20(13-11-18)35-28(40)27-22-7-4-6-19(16-34)21(22)14-15-38(27)29(41)24-17-39(37-36-24)25-9-5-8-23(32)26(25)33/h4-13,17,27H,14-15H2,1-3H3,(H,35,40). The summed E-state index contributed by atoms with van der Waals surface area (Å²) in [6.07, 6.45) is 1.60. The zero-order valence-corrected chi connectivity index (χ0v) is 24.2. The summed E-state index contributed by atoms with van der Waals surface area (Å²) in [6.45, 7) is 5.41. The lowest BCUT2D eigenvalue weighted by atomic mass is 9.88. The fourth-order valence-corrected chi connectivity index (χ4v) is 4.98. The Hall–Kier alpha value is -5.08. The minimum absolute atomic E-state index is 0.00539. The van der Waals surface area contributed by atoms with Crippen LogP contribution in [-0.4, -0.2) is 49.8 Å². The molecule has 4 aromatic rings. The zero-order chi connectivity index (χ0) is 30.9. The number of fused-ring (bicyclic) bond motifs is 1. The Bertz CT molecular complexity index is 1770. The summed E-state index contributed by atoms with van der Waals surface area (Å²) < 4.78 is 21.1. The normalized spacial score (nSPS) is 14.4. The summed E-state index contributed by atoms with van der Waals surface area (Å²) in [5.74, 6) is -2.37. The van der Waals surface area contributed by atoms with E-state index < -0.39 is 35.2 Å². The van der Waals surface area contributed by atoms with Crippen LogP contribution in [0.15, 0.2) is 66.9 Å². The highest BCUT2D eigenvalue weighted by atomic mass is 35.5. The Balaban J connectivity index is 1.45. The third-order valence-corrected chi connectivity index (χ3v) is 7.02. The van der Waals surface area contributed by atoms with Crippen molar-refractivity contribution in [1.29, 1.82) is 5.26 Å². The highest BCUT2D eigenvalue weighted by molar-refractivity contribution is 6.30. The fraction of sp³-hybridized carbons (Fsp3) is 0.226. The van der Waals surface area contributed by atoms with Gasteiger partial charge in [0.25, 0.3) is 11.8 Å². The number of carbonyl (C=O) groups is 3. The van der Waals surface area contributed by atoms with E-state index in [2.05, 4.69) is 21.7 Å². The van der Waals surface area contributed by atoms with Crippen LogP contribution >= 0.6 is 11.6 Å². The maximum atomic E-state index is 14.6. The molecule has 0 bridgehead atoms. The number of anilines is 1. The number of nitrogens with one attached hydrogen (secondary N) is 1. The molecule has 0 radical (unpaired) electrons. The van der Waals surface area contributed by atoms with Gasteiger partial charge in [-0.2, -0.15) is 5.26 Å². The van der Waals surface area contributed by atoms with Crippen LogP contribution in [0.2, 0.25) is 5.02 Å². The average molecular weight is 601 g/mol. The van der Waals surface area contributed by atoms with Crippen molar-refractivity contribution in [2.45, 2.75) is 38.8 Å². The molecule has 0 saturated carbocycles. The van der Waals surface area contributed by atoms with Gasteiger partial charge in [-0.25, -0.2) is 13.9 Å². The van der Waals surface area contributed by atoms with Crippen LogP contribution < -0.4 is 5.32 Å². The smallest absolute Gasteiger partial charge is 0.338 e. The number of amides is 2. The Morgan fingerprint density at radius 1 is 1.09 bits per heavy atom. The van der Waals surface area contributed by atoms with Crippen LogP contribution in [0, 0.1) is 17.1 Å². The second kappa shape index (κ2) is 11.7. The van der Waals surface area contributed by atoms with Gasteiger partial charge in [0, 0.05) is 12.2 Å². The molecule has 12 heteroatoms.